The summed E-state index contributed by atoms with van der Waals surface area (Å²) in [6, 6.07) is 11.9. The van der Waals surface area contributed by atoms with Crippen LogP contribution >= 0.6 is 12.2 Å². The molecule has 1 amide bonds. The van der Waals surface area contributed by atoms with Crippen LogP contribution in [0.5, 0.6) is 5.75 Å². The van der Waals surface area contributed by atoms with E-state index in [0.29, 0.717) is 10.9 Å². The Kier molecular flexibility index (Phi) is 6.97. The van der Waals surface area contributed by atoms with Gasteiger partial charge < -0.3 is 10.1 Å². The van der Waals surface area contributed by atoms with Gasteiger partial charge in [0.05, 0.1) is 0 Å². The molecule has 0 aliphatic carbocycles. The Labute approximate surface area is 160 Å². The van der Waals surface area contributed by atoms with E-state index in [1.165, 1.54) is 5.56 Å². The average Bonchev–Trinajstić information content (AvgIpc) is 2.59. The van der Waals surface area contributed by atoms with Crippen LogP contribution in [-0.2, 0) is 11.2 Å². The molecule has 3 N–H and O–H groups in total. The molecular formula is C20H25N3O2S. The zero-order chi connectivity index (χ0) is 19.1. The molecule has 0 saturated carbocycles. The van der Waals surface area contributed by atoms with Crippen LogP contribution in [0.25, 0.3) is 0 Å². The van der Waals surface area contributed by atoms with Crippen molar-refractivity contribution in [2.75, 3.05) is 11.9 Å². The lowest BCUT2D eigenvalue weighted by Crippen LogP contribution is -2.45. The molecule has 0 heterocycles. The average molecular weight is 372 g/mol. The van der Waals surface area contributed by atoms with E-state index >= 15 is 0 Å². The molecule has 0 unspecified atom stereocenters. The Bertz CT molecular complexity index is 785. The van der Waals surface area contributed by atoms with Gasteiger partial charge in [0.15, 0.2) is 11.7 Å². The topological polar surface area (TPSA) is 62.4 Å². The summed E-state index contributed by atoms with van der Waals surface area (Å²) in [7, 11) is 0. The van der Waals surface area contributed by atoms with E-state index in [9.17, 15) is 4.79 Å². The van der Waals surface area contributed by atoms with Gasteiger partial charge in [-0.3, -0.25) is 15.6 Å². The van der Waals surface area contributed by atoms with Crippen molar-refractivity contribution in [1.82, 2.24) is 10.9 Å². The van der Waals surface area contributed by atoms with Gasteiger partial charge in [0.25, 0.3) is 5.91 Å². The van der Waals surface area contributed by atoms with Crippen LogP contribution in [0.3, 0.4) is 0 Å². The third kappa shape index (κ3) is 5.74. The molecule has 5 nitrogen and oxygen atoms in total. The van der Waals surface area contributed by atoms with Gasteiger partial charge in [0, 0.05) is 5.69 Å². The van der Waals surface area contributed by atoms with E-state index in [2.05, 4.69) is 29.2 Å². The maximum Gasteiger partial charge on any atom is 0.276 e. The first-order valence-electron chi connectivity index (χ1n) is 8.54. The number of ether oxygens (including phenoxy) is 1. The molecule has 0 fully saturated rings. The van der Waals surface area contributed by atoms with Gasteiger partial charge in [-0.15, -0.1) is 0 Å². The van der Waals surface area contributed by atoms with Crippen molar-refractivity contribution in [2.45, 2.75) is 34.1 Å². The highest BCUT2D eigenvalue weighted by Crippen LogP contribution is 2.20. The number of benzene rings is 2. The van der Waals surface area contributed by atoms with Crippen molar-refractivity contribution in [3.63, 3.8) is 0 Å². The van der Waals surface area contributed by atoms with Gasteiger partial charge in [-0.2, -0.15) is 0 Å². The van der Waals surface area contributed by atoms with Crippen LogP contribution in [0, 0.1) is 20.8 Å². The molecule has 0 aliphatic heterocycles. The van der Waals surface area contributed by atoms with Gasteiger partial charge in [-0.05, 0) is 73.8 Å². The molecule has 0 aromatic heterocycles. The maximum atomic E-state index is 11.9. The summed E-state index contributed by atoms with van der Waals surface area (Å²) in [6.07, 6.45) is 0.892. The molecule has 0 saturated heterocycles. The SMILES string of the molecule is CCc1cccc(C)c1NC(=S)NNC(=O)COc1cc(C)cc(C)c1. The molecule has 2 aromatic carbocycles. The number of hydrogen-bond donors (Lipinski definition) is 3. The van der Waals surface area contributed by atoms with Crippen LogP contribution in [0.1, 0.15) is 29.2 Å². The minimum Gasteiger partial charge on any atom is -0.484 e. The smallest absolute Gasteiger partial charge is 0.276 e. The van der Waals surface area contributed by atoms with Gasteiger partial charge >= 0.3 is 0 Å². The molecule has 0 atom stereocenters. The monoisotopic (exact) mass is 371 g/mol. The second-order valence-electron chi connectivity index (χ2n) is 6.20. The van der Waals surface area contributed by atoms with Crippen molar-refractivity contribution in [2.24, 2.45) is 0 Å². The quantitative estimate of drug-likeness (QED) is 0.554. The lowest BCUT2D eigenvalue weighted by Gasteiger charge is -2.16. The number of para-hydroxylation sites is 1. The molecule has 0 bridgehead atoms. The zero-order valence-corrected chi connectivity index (χ0v) is 16.4. The normalized spacial score (nSPS) is 10.2. The number of hydrogen-bond acceptors (Lipinski definition) is 3. The van der Waals surface area contributed by atoms with Gasteiger partial charge in [0.1, 0.15) is 5.75 Å². The molecular weight excluding hydrogens is 346 g/mol. The Morgan fingerprint density at radius 2 is 1.77 bits per heavy atom. The van der Waals surface area contributed by atoms with Crippen molar-refractivity contribution in [1.29, 1.82) is 0 Å². The van der Waals surface area contributed by atoms with Crippen molar-refractivity contribution in [3.05, 3.63) is 58.7 Å². The third-order valence-electron chi connectivity index (χ3n) is 3.86. The predicted molar refractivity (Wildman–Crippen MR) is 109 cm³/mol. The third-order valence-corrected chi connectivity index (χ3v) is 4.06. The van der Waals surface area contributed by atoms with E-state index in [4.69, 9.17) is 17.0 Å². The van der Waals surface area contributed by atoms with Crippen LogP contribution < -0.4 is 20.9 Å². The van der Waals surface area contributed by atoms with Gasteiger partial charge in [-0.1, -0.05) is 31.2 Å². The molecule has 0 radical (unpaired) electrons. The minimum absolute atomic E-state index is 0.0942. The first-order chi connectivity index (χ1) is 12.4. The van der Waals surface area contributed by atoms with Crippen LogP contribution in [0.15, 0.2) is 36.4 Å². The Morgan fingerprint density at radius 3 is 2.42 bits per heavy atom. The fourth-order valence-corrected chi connectivity index (χ4v) is 2.83. The van der Waals surface area contributed by atoms with Gasteiger partial charge in [-0.25, -0.2) is 0 Å². The maximum absolute atomic E-state index is 11.9. The van der Waals surface area contributed by atoms with E-state index < -0.39 is 0 Å². The number of hydrazine groups is 1. The summed E-state index contributed by atoms with van der Waals surface area (Å²) >= 11 is 5.26. The van der Waals surface area contributed by atoms with Crippen LogP contribution in [0.2, 0.25) is 0 Å². The molecule has 138 valence electrons. The molecule has 2 rings (SSSR count). The lowest BCUT2D eigenvalue weighted by molar-refractivity contribution is -0.123. The van der Waals surface area contributed by atoms with Crippen molar-refractivity contribution >= 4 is 28.9 Å². The summed E-state index contributed by atoms with van der Waals surface area (Å²) in [5.41, 5.74) is 10.7. The second kappa shape index (κ2) is 9.20. The number of amides is 1. The Hall–Kier alpha value is -2.60. The highest BCUT2D eigenvalue weighted by Gasteiger charge is 2.08. The van der Waals surface area contributed by atoms with Crippen molar-refractivity contribution < 1.29 is 9.53 Å². The van der Waals surface area contributed by atoms with E-state index in [-0.39, 0.29) is 12.5 Å². The fourth-order valence-electron chi connectivity index (χ4n) is 2.67. The predicted octanol–water partition coefficient (Wildman–Crippen LogP) is 3.57. The number of rotatable bonds is 5. The molecule has 6 heteroatoms. The molecule has 2 aromatic rings. The van der Waals surface area contributed by atoms with Crippen molar-refractivity contribution in [3.8, 4) is 5.75 Å². The van der Waals surface area contributed by atoms with E-state index in [1.807, 2.05) is 51.1 Å². The number of carbonyl (C=O) groups is 1. The summed E-state index contributed by atoms with van der Waals surface area (Å²) in [4.78, 5) is 11.9. The molecule has 0 spiro atoms. The number of thiocarbonyl (C=S) groups is 1. The largest absolute Gasteiger partial charge is 0.484 e. The number of carbonyl (C=O) groups excluding carboxylic acids is 1. The number of anilines is 1. The second-order valence-corrected chi connectivity index (χ2v) is 6.61. The Balaban J connectivity index is 1.83. The lowest BCUT2D eigenvalue weighted by atomic mass is 10.1. The molecule has 0 aliphatic rings. The zero-order valence-electron chi connectivity index (χ0n) is 15.6. The summed E-state index contributed by atoms with van der Waals surface area (Å²) < 4.78 is 5.52. The van der Waals surface area contributed by atoms with E-state index in [0.717, 1.165) is 28.8 Å². The summed E-state index contributed by atoms with van der Waals surface area (Å²) in [6.45, 7) is 7.98. The highest BCUT2D eigenvalue weighted by molar-refractivity contribution is 7.80. The minimum atomic E-state index is -0.311. The first kappa shape index (κ1) is 19.7. The van der Waals surface area contributed by atoms with Gasteiger partial charge in [0.2, 0.25) is 0 Å². The number of nitrogens with one attached hydrogen (secondary N) is 3. The standard InChI is InChI=1S/C20H25N3O2S/c1-5-16-8-6-7-15(4)19(16)21-20(26)23-22-18(24)12-25-17-10-13(2)9-14(3)11-17/h6-11H,5,12H2,1-4H3,(H,22,24)(H2,21,23,26). The molecule has 26 heavy (non-hydrogen) atoms. The van der Waals surface area contributed by atoms with Crippen LogP contribution in [-0.4, -0.2) is 17.6 Å². The number of aryl methyl sites for hydroxylation is 4. The van der Waals surface area contributed by atoms with Crippen LogP contribution in [0.4, 0.5) is 5.69 Å². The first-order valence-corrected chi connectivity index (χ1v) is 8.95. The Morgan fingerprint density at radius 1 is 1.08 bits per heavy atom. The summed E-state index contributed by atoms with van der Waals surface area (Å²) in [5, 5.41) is 3.47. The fraction of sp³-hybridized carbons (Fsp3) is 0.300. The van der Waals surface area contributed by atoms with E-state index in [1.54, 1.807) is 0 Å². The highest BCUT2D eigenvalue weighted by atomic mass is 32.1. The summed E-state index contributed by atoms with van der Waals surface area (Å²) in [5.74, 6) is 0.361.